The van der Waals surface area contributed by atoms with Crippen LogP contribution in [0.15, 0.2) is 17.8 Å². The topological polar surface area (TPSA) is 37.5 Å². The average molecular weight is 262 g/mol. The molecule has 0 radical (unpaired) electrons. The molecule has 2 aromatic heterocycles. The minimum atomic E-state index is 0.132. The van der Waals surface area contributed by atoms with E-state index in [1.165, 1.54) is 25.7 Å². The van der Waals surface area contributed by atoms with E-state index in [0.717, 1.165) is 28.9 Å². The number of rotatable bonds is 3. The quantitative estimate of drug-likeness (QED) is 0.923. The maximum absolute atomic E-state index is 9.89. The van der Waals surface area contributed by atoms with Crippen molar-refractivity contribution in [1.82, 2.24) is 9.38 Å². The third-order valence-corrected chi connectivity index (χ3v) is 5.86. The van der Waals surface area contributed by atoms with Crippen molar-refractivity contribution in [3.63, 3.8) is 0 Å². The third-order valence-electron chi connectivity index (χ3n) is 5.09. The van der Waals surface area contributed by atoms with Gasteiger partial charge in [-0.3, -0.25) is 4.40 Å². The lowest BCUT2D eigenvalue weighted by atomic mass is 9.71. The van der Waals surface area contributed by atoms with E-state index in [2.05, 4.69) is 27.2 Å². The summed E-state index contributed by atoms with van der Waals surface area (Å²) >= 11 is 1.68. The fraction of sp³-hybridized carbons (Fsp3) is 0.643. The molecule has 2 heterocycles. The smallest absolute Gasteiger partial charge is 0.193 e. The van der Waals surface area contributed by atoms with Gasteiger partial charge in [-0.1, -0.05) is 6.42 Å². The summed E-state index contributed by atoms with van der Waals surface area (Å²) in [7, 11) is 0. The number of nitrogens with zero attached hydrogens (tertiary/aromatic N) is 2. The van der Waals surface area contributed by atoms with Gasteiger partial charge in [0.1, 0.15) is 0 Å². The van der Waals surface area contributed by atoms with Gasteiger partial charge in [0.25, 0.3) is 0 Å². The standard InChI is InChI=1S/C14H18N2OS/c17-9-14(6-10-1-2-11(14)5-10)7-12-8-16-3-4-18-13(16)15-12/h3-4,8,10-11,17H,1-2,5-7,9H2. The van der Waals surface area contributed by atoms with Gasteiger partial charge in [0.2, 0.25) is 0 Å². The summed E-state index contributed by atoms with van der Waals surface area (Å²) < 4.78 is 2.10. The summed E-state index contributed by atoms with van der Waals surface area (Å²) in [5, 5.41) is 12.0. The zero-order valence-electron chi connectivity index (χ0n) is 10.4. The Kier molecular flexibility index (Phi) is 2.33. The van der Waals surface area contributed by atoms with Gasteiger partial charge in [0.05, 0.1) is 5.69 Å². The molecule has 2 aliphatic carbocycles. The van der Waals surface area contributed by atoms with E-state index < -0.39 is 0 Å². The van der Waals surface area contributed by atoms with Crippen molar-refractivity contribution in [2.75, 3.05) is 6.61 Å². The van der Waals surface area contributed by atoms with E-state index in [0.29, 0.717) is 6.61 Å². The molecule has 4 rings (SSSR count). The third kappa shape index (κ3) is 1.48. The molecule has 96 valence electrons. The lowest BCUT2D eigenvalue weighted by Crippen LogP contribution is -2.34. The normalized spacial score (nSPS) is 34.7. The highest BCUT2D eigenvalue weighted by atomic mass is 32.1. The highest BCUT2D eigenvalue weighted by molar-refractivity contribution is 7.15. The maximum Gasteiger partial charge on any atom is 0.193 e. The van der Waals surface area contributed by atoms with Crippen LogP contribution < -0.4 is 0 Å². The molecule has 4 heteroatoms. The monoisotopic (exact) mass is 262 g/mol. The minimum Gasteiger partial charge on any atom is -0.396 e. The van der Waals surface area contributed by atoms with Crippen molar-refractivity contribution >= 4 is 16.3 Å². The minimum absolute atomic E-state index is 0.132. The Morgan fingerprint density at radius 1 is 1.50 bits per heavy atom. The summed E-state index contributed by atoms with van der Waals surface area (Å²) in [6.07, 6.45) is 10.4. The fourth-order valence-corrected chi connectivity index (χ4v) is 4.97. The molecular weight excluding hydrogens is 244 g/mol. The number of imidazole rings is 1. The van der Waals surface area contributed by atoms with Gasteiger partial charge in [-0.05, 0) is 37.5 Å². The first-order valence-corrected chi connectivity index (χ1v) is 7.69. The Morgan fingerprint density at radius 2 is 2.44 bits per heavy atom. The highest BCUT2D eigenvalue weighted by Gasteiger charge is 2.50. The molecule has 2 aliphatic rings. The number of aliphatic hydroxyl groups is 1. The predicted octanol–water partition coefficient (Wildman–Crippen LogP) is 2.74. The Labute approximate surface area is 110 Å². The van der Waals surface area contributed by atoms with E-state index >= 15 is 0 Å². The molecule has 2 aromatic rings. The Hall–Kier alpha value is -0.870. The first-order chi connectivity index (χ1) is 8.79. The molecule has 2 bridgehead atoms. The number of aromatic nitrogens is 2. The van der Waals surface area contributed by atoms with Crippen LogP contribution in [0.3, 0.4) is 0 Å². The Bertz CT molecular complexity index is 547. The average Bonchev–Trinajstić information content (AvgIpc) is 3.06. The van der Waals surface area contributed by atoms with Crippen LogP contribution in [-0.2, 0) is 6.42 Å². The van der Waals surface area contributed by atoms with Crippen LogP contribution >= 0.6 is 11.3 Å². The largest absolute Gasteiger partial charge is 0.396 e. The molecule has 2 saturated carbocycles. The molecule has 0 spiro atoms. The van der Waals surface area contributed by atoms with E-state index in [1.54, 1.807) is 11.3 Å². The van der Waals surface area contributed by atoms with Gasteiger partial charge < -0.3 is 5.11 Å². The zero-order chi connectivity index (χ0) is 12.2. The SMILES string of the molecule is OCC1(Cc2cn3ccsc3n2)CC2CCC1C2. The van der Waals surface area contributed by atoms with Crippen molar-refractivity contribution in [2.45, 2.75) is 32.1 Å². The molecule has 3 nitrogen and oxygen atoms in total. The maximum atomic E-state index is 9.89. The second kappa shape index (κ2) is 3.81. The molecule has 0 aliphatic heterocycles. The molecule has 18 heavy (non-hydrogen) atoms. The summed E-state index contributed by atoms with van der Waals surface area (Å²) in [6.45, 7) is 0.333. The molecule has 1 N–H and O–H groups in total. The summed E-state index contributed by atoms with van der Waals surface area (Å²) in [5.74, 6) is 1.60. The van der Waals surface area contributed by atoms with Crippen LogP contribution in [-0.4, -0.2) is 21.1 Å². The van der Waals surface area contributed by atoms with E-state index in [1.807, 2.05) is 0 Å². The van der Waals surface area contributed by atoms with Gasteiger partial charge in [-0.2, -0.15) is 0 Å². The molecule has 0 aromatic carbocycles. The molecule has 0 amide bonds. The Balaban J connectivity index is 1.64. The van der Waals surface area contributed by atoms with Crippen LogP contribution in [0.2, 0.25) is 0 Å². The second-order valence-electron chi connectivity index (χ2n) is 6.10. The number of fused-ring (bicyclic) bond motifs is 3. The van der Waals surface area contributed by atoms with Crippen molar-refractivity contribution < 1.29 is 5.11 Å². The molecular formula is C14H18N2OS. The summed E-state index contributed by atoms with van der Waals surface area (Å²) in [6, 6.07) is 0. The highest BCUT2D eigenvalue weighted by Crippen LogP contribution is 2.56. The molecule has 3 atom stereocenters. The van der Waals surface area contributed by atoms with E-state index in [9.17, 15) is 5.11 Å². The van der Waals surface area contributed by atoms with Crippen LogP contribution in [0.5, 0.6) is 0 Å². The van der Waals surface area contributed by atoms with E-state index in [4.69, 9.17) is 0 Å². The fourth-order valence-electron chi connectivity index (χ4n) is 4.25. The van der Waals surface area contributed by atoms with Gasteiger partial charge in [0, 0.05) is 29.8 Å². The zero-order valence-corrected chi connectivity index (χ0v) is 11.2. The van der Waals surface area contributed by atoms with Crippen LogP contribution in [0, 0.1) is 17.3 Å². The van der Waals surface area contributed by atoms with Crippen molar-refractivity contribution in [2.24, 2.45) is 17.3 Å². The lowest BCUT2D eigenvalue weighted by molar-refractivity contribution is 0.0643. The second-order valence-corrected chi connectivity index (χ2v) is 6.98. The molecule has 3 unspecified atom stereocenters. The molecule has 2 fully saturated rings. The summed E-state index contributed by atoms with van der Waals surface area (Å²) in [5.41, 5.74) is 1.29. The number of thiazole rings is 1. The van der Waals surface area contributed by atoms with Crippen molar-refractivity contribution in [1.29, 1.82) is 0 Å². The van der Waals surface area contributed by atoms with Gasteiger partial charge in [-0.15, -0.1) is 11.3 Å². The summed E-state index contributed by atoms with van der Waals surface area (Å²) in [4.78, 5) is 5.75. The predicted molar refractivity (Wildman–Crippen MR) is 71.7 cm³/mol. The first kappa shape index (κ1) is 11.0. The van der Waals surface area contributed by atoms with Crippen LogP contribution in [0.25, 0.3) is 4.96 Å². The van der Waals surface area contributed by atoms with Gasteiger partial charge in [0.15, 0.2) is 4.96 Å². The van der Waals surface area contributed by atoms with E-state index in [-0.39, 0.29) is 5.41 Å². The lowest BCUT2D eigenvalue weighted by Gasteiger charge is -2.35. The number of aliphatic hydroxyl groups excluding tert-OH is 1. The van der Waals surface area contributed by atoms with Crippen LogP contribution in [0.4, 0.5) is 0 Å². The first-order valence-electron chi connectivity index (χ1n) is 6.81. The van der Waals surface area contributed by atoms with Gasteiger partial charge >= 0.3 is 0 Å². The van der Waals surface area contributed by atoms with Crippen molar-refractivity contribution in [3.05, 3.63) is 23.5 Å². The van der Waals surface area contributed by atoms with Gasteiger partial charge in [-0.25, -0.2) is 4.98 Å². The number of hydrogen-bond donors (Lipinski definition) is 1. The van der Waals surface area contributed by atoms with Crippen molar-refractivity contribution in [3.8, 4) is 0 Å². The van der Waals surface area contributed by atoms with Crippen LogP contribution in [0.1, 0.15) is 31.4 Å². The molecule has 0 saturated heterocycles. The number of hydrogen-bond acceptors (Lipinski definition) is 3. The Morgan fingerprint density at radius 3 is 3.11 bits per heavy atom.